The SMILES string of the molecule is CC(C)C1CCN(S(=O)(=O)c2c(Cl)cc(Br)cc2Cl)C1. The molecular weight excluding hydrogens is 385 g/mol. The Kier molecular flexibility index (Phi) is 5.07. The van der Waals surface area contributed by atoms with Crippen LogP contribution in [0.3, 0.4) is 0 Å². The van der Waals surface area contributed by atoms with Crippen molar-refractivity contribution in [3.05, 3.63) is 26.7 Å². The molecule has 1 aliphatic rings. The van der Waals surface area contributed by atoms with Gasteiger partial charge in [-0.05, 0) is 30.4 Å². The number of hydrogen-bond acceptors (Lipinski definition) is 2. The molecule has 112 valence electrons. The molecule has 3 nitrogen and oxygen atoms in total. The highest BCUT2D eigenvalue weighted by molar-refractivity contribution is 9.10. The molecule has 1 fully saturated rings. The van der Waals surface area contributed by atoms with E-state index in [2.05, 4.69) is 29.8 Å². The lowest BCUT2D eigenvalue weighted by atomic mass is 9.96. The number of hydrogen-bond donors (Lipinski definition) is 0. The summed E-state index contributed by atoms with van der Waals surface area (Å²) in [5, 5.41) is 0.301. The molecule has 7 heteroatoms. The van der Waals surface area contributed by atoms with E-state index in [0.29, 0.717) is 29.4 Å². The second-order valence-electron chi connectivity index (χ2n) is 5.35. The van der Waals surface area contributed by atoms with Crippen molar-refractivity contribution in [2.75, 3.05) is 13.1 Å². The van der Waals surface area contributed by atoms with Crippen LogP contribution in [0.15, 0.2) is 21.5 Å². The summed E-state index contributed by atoms with van der Waals surface area (Å²) in [6, 6.07) is 3.10. The van der Waals surface area contributed by atoms with Crippen LogP contribution in [-0.2, 0) is 10.0 Å². The third-order valence-corrected chi connectivity index (χ3v) is 6.94. The van der Waals surface area contributed by atoms with Crippen molar-refractivity contribution in [3.63, 3.8) is 0 Å². The average molecular weight is 401 g/mol. The lowest BCUT2D eigenvalue weighted by Crippen LogP contribution is -2.30. The van der Waals surface area contributed by atoms with Crippen molar-refractivity contribution >= 4 is 49.2 Å². The Labute approximate surface area is 138 Å². The second-order valence-corrected chi connectivity index (χ2v) is 8.96. The summed E-state index contributed by atoms with van der Waals surface area (Å²) >= 11 is 15.4. The van der Waals surface area contributed by atoms with Gasteiger partial charge in [0.15, 0.2) is 0 Å². The first-order valence-electron chi connectivity index (χ1n) is 6.38. The van der Waals surface area contributed by atoms with Gasteiger partial charge in [0.2, 0.25) is 10.0 Å². The molecule has 0 bridgehead atoms. The summed E-state index contributed by atoms with van der Waals surface area (Å²) < 4.78 is 27.5. The summed E-state index contributed by atoms with van der Waals surface area (Å²) in [7, 11) is -3.63. The highest BCUT2D eigenvalue weighted by Crippen LogP contribution is 2.37. The molecule has 1 heterocycles. The van der Waals surface area contributed by atoms with Crippen LogP contribution < -0.4 is 0 Å². The third-order valence-electron chi connectivity index (χ3n) is 3.69. The summed E-state index contributed by atoms with van der Waals surface area (Å²) in [6.07, 6.45) is 0.878. The maximum absolute atomic E-state index is 12.7. The molecule has 0 aromatic heterocycles. The molecule has 0 N–H and O–H groups in total. The number of halogens is 3. The Hall–Kier alpha value is 0.190. The van der Waals surface area contributed by atoms with Gasteiger partial charge < -0.3 is 0 Å². The standard InChI is InChI=1S/C13H16BrCl2NO2S/c1-8(2)9-3-4-17(7-9)20(18,19)13-11(15)5-10(14)6-12(13)16/h5-6,8-9H,3-4,7H2,1-2H3. The normalized spacial score (nSPS) is 20.8. The number of benzene rings is 1. The Balaban J connectivity index is 2.38. The van der Waals surface area contributed by atoms with Crippen molar-refractivity contribution in [3.8, 4) is 0 Å². The maximum atomic E-state index is 12.7. The number of rotatable bonds is 3. The first-order valence-corrected chi connectivity index (χ1v) is 9.37. The Morgan fingerprint density at radius 2 is 1.85 bits per heavy atom. The smallest absolute Gasteiger partial charge is 0.207 e. The molecule has 1 unspecified atom stereocenters. The molecule has 1 aromatic carbocycles. The monoisotopic (exact) mass is 399 g/mol. The maximum Gasteiger partial charge on any atom is 0.246 e. The first kappa shape index (κ1) is 16.6. The van der Waals surface area contributed by atoms with E-state index in [1.54, 1.807) is 12.1 Å². The van der Waals surface area contributed by atoms with Crippen LogP contribution in [0.5, 0.6) is 0 Å². The van der Waals surface area contributed by atoms with Gasteiger partial charge in [0, 0.05) is 17.6 Å². The van der Waals surface area contributed by atoms with Crippen molar-refractivity contribution in [1.82, 2.24) is 4.31 Å². The largest absolute Gasteiger partial charge is 0.246 e. The molecular formula is C13H16BrCl2NO2S. The third kappa shape index (κ3) is 3.17. The first-order chi connectivity index (χ1) is 9.23. The Morgan fingerprint density at radius 3 is 2.30 bits per heavy atom. The van der Waals surface area contributed by atoms with Crippen LogP contribution in [0.1, 0.15) is 20.3 Å². The molecule has 0 aliphatic carbocycles. The molecule has 1 atom stereocenters. The van der Waals surface area contributed by atoms with Crippen LogP contribution in [0.25, 0.3) is 0 Å². The summed E-state index contributed by atoms with van der Waals surface area (Å²) in [5.74, 6) is 0.851. The molecule has 2 rings (SSSR count). The average Bonchev–Trinajstić information content (AvgIpc) is 2.76. The van der Waals surface area contributed by atoms with Gasteiger partial charge in [-0.25, -0.2) is 8.42 Å². The van der Waals surface area contributed by atoms with Gasteiger partial charge in [0.25, 0.3) is 0 Å². The summed E-state index contributed by atoms with van der Waals surface area (Å²) in [5.41, 5.74) is 0. The van der Waals surface area contributed by atoms with Crippen molar-refractivity contribution in [2.24, 2.45) is 11.8 Å². The minimum atomic E-state index is -3.63. The van der Waals surface area contributed by atoms with Gasteiger partial charge >= 0.3 is 0 Å². The van der Waals surface area contributed by atoms with Crippen LogP contribution in [0.2, 0.25) is 10.0 Å². The van der Waals surface area contributed by atoms with Gasteiger partial charge in [0.1, 0.15) is 4.90 Å². The van der Waals surface area contributed by atoms with Gasteiger partial charge in [-0.15, -0.1) is 0 Å². The van der Waals surface area contributed by atoms with Crippen LogP contribution in [0.4, 0.5) is 0 Å². The number of sulfonamides is 1. The predicted octanol–water partition coefficient (Wildman–Crippen LogP) is 4.42. The van der Waals surface area contributed by atoms with Gasteiger partial charge in [-0.1, -0.05) is 53.0 Å². The highest BCUT2D eigenvalue weighted by atomic mass is 79.9. The summed E-state index contributed by atoms with van der Waals surface area (Å²) in [4.78, 5) is 0.00781. The van der Waals surface area contributed by atoms with E-state index < -0.39 is 10.0 Å². The lowest BCUT2D eigenvalue weighted by molar-refractivity contribution is 0.388. The molecule has 0 amide bonds. The molecule has 1 aromatic rings. The topological polar surface area (TPSA) is 37.4 Å². The molecule has 0 radical (unpaired) electrons. The van der Waals surface area contributed by atoms with E-state index in [4.69, 9.17) is 23.2 Å². The van der Waals surface area contributed by atoms with Crippen LogP contribution >= 0.6 is 39.1 Å². The van der Waals surface area contributed by atoms with E-state index in [0.717, 1.165) is 6.42 Å². The van der Waals surface area contributed by atoms with Crippen LogP contribution in [-0.4, -0.2) is 25.8 Å². The van der Waals surface area contributed by atoms with E-state index in [9.17, 15) is 8.42 Å². The molecule has 1 saturated heterocycles. The molecule has 0 spiro atoms. The van der Waals surface area contributed by atoms with Gasteiger partial charge in [0.05, 0.1) is 10.0 Å². The zero-order valence-electron chi connectivity index (χ0n) is 11.2. The Bertz CT molecular complexity index is 596. The lowest BCUT2D eigenvalue weighted by Gasteiger charge is -2.19. The van der Waals surface area contributed by atoms with E-state index in [1.165, 1.54) is 4.31 Å². The van der Waals surface area contributed by atoms with Crippen molar-refractivity contribution < 1.29 is 8.42 Å². The second kappa shape index (κ2) is 6.13. The molecule has 20 heavy (non-hydrogen) atoms. The predicted molar refractivity (Wildman–Crippen MR) is 85.9 cm³/mol. The quantitative estimate of drug-likeness (QED) is 0.752. The fourth-order valence-electron chi connectivity index (χ4n) is 2.42. The Morgan fingerprint density at radius 1 is 1.30 bits per heavy atom. The fraction of sp³-hybridized carbons (Fsp3) is 0.538. The van der Waals surface area contributed by atoms with Crippen LogP contribution in [0, 0.1) is 11.8 Å². The zero-order valence-corrected chi connectivity index (χ0v) is 15.2. The van der Waals surface area contributed by atoms with Gasteiger partial charge in [-0.2, -0.15) is 4.31 Å². The molecule has 0 saturated carbocycles. The molecule has 1 aliphatic heterocycles. The van der Waals surface area contributed by atoms with Gasteiger partial charge in [-0.3, -0.25) is 0 Å². The zero-order chi connectivity index (χ0) is 15.1. The minimum absolute atomic E-state index is 0.00781. The minimum Gasteiger partial charge on any atom is -0.207 e. The fourth-order valence-corrected chi connectivity index (χ4v) is 5.82. The van der Waals surface area contributed by atoms with Crippen molar-refractivity contribution in [2.45, 2.75) is 25.2 Å². The van der Waals surface area contributed by atoms with E-state index in [1.807, 2.05) is 0 Å². The van der Waals surface area contributed by atoms with Crippen molar-refractivity contribution in [1.29, 1.82) is 0 Å². The number of nitrogens with zero attached hydrogens (tertiary/aromatic N) is 1. The van der Waals surface area contributed by atoms with E-state index >= 15 is 0 Å². The summed E-state index contributed by atoms with van der Waals surface area (Å²) in [6.45, 7) is 5.28. The van der Waals surface area contributed by atoms with E-state index in [-0.39, 0.29) is 14.9 Å². The highest BCUT2D eigenvalue weighted by Gasteiger charge is 2.36.